The molecule has 0 saturated carbocycles. The summed E-state index contributed by atoms with van der Waals surface area (Å²) in [5, 5.41) is 0. The van der Waals surface area contributed by atoms with Gasteiger partial charge in [0.25, 0.3) is 0 Å². The molecule has 1 aliphatic rings. The predicted molar refractivity (Wildman–Crippen MR) is 80.7 cm³/mol. The van der Waals surface area contributed by atoms with Gasteiger partial charge in [0.15, 0.2) is 0 Å². The van der Waals surface area contributed by atoms with Crippen LogP contribution in [0.5, 0.6) is 0 Å². The molecular weight excluding hydrogens is 240 g/mol. The molecule has 1 aromatic rings. The Kier molecular flexibility index (Phi) is 4.72. The highest BCUT2D eigenvalue weighted by atomic mass is 32.1. The van der Waals surface area contributed by atoms with Crippen molar-refractivity contribution < 1.29 is 0 Å². The highest BCUT2D eigenvalue weighted by Crippen LogP contribution is 2.20. The van der Waals surface area contributed by atoms with Crippen LogP contribution in [0.3, 0.4) is 0 Å². The van der Waals surface area contributed by atoms with Crippen molar-refractivity contribution in [2.45, 2.75) is 45.2 Å². The van der Waals surface area contributed by atoms with Gasteiger partial charge in [-0.05, 0) is 31.9 Å². The second-order valence-electron chi connectivity index (χ2n) is 5.19. The number of nitrogens with zero attached hydrogens (tertiary/aromatic N) is 1. The third-order valence-electron chi connectivity index (χ3n) is 3.85. The van der Waals surface area contributed by atoms with E-state index in [9.17, 15) is 0 Å². The van der Waals surface area contributed by atoms with E-state index in [1.165, 1.54) is 37.8 Å². The Bertz CT molecular complexity index is 417. The predicted octanol–water partition coefficient (Wildman–Crippen LogP) is 3.09. The zero-order valence-corrected chi connectivity index (χ0v) is 11.9. The molecule has 0 amide bonds. The van der Waals surface area contributed by atoms with E-state index >= 15 is 0 Å². The lowest BCUT2D eigenvalue weighted by molar-refractivity contribution is 0.205. The molecule has 2 N–H and O–H groups in total. The van der Waals surface area contributed by atoms with Crippen molar-refractivity contribution in [3.63, 3.8) is 0 Å². The van der Waals surface area contributed by atoms with Crippen LogP contribution in [-0.2, 0) is 6.54 Å². The summed E-state index contributed by atoms with van der Waals surface area (Å²) in [5.74, 6) is 0. The van der Waals surface area contributed by atoms with Crippen molar-refractivity contribution in [1.29, 1.82) is 0 Å². The standard InChI is InChI=1S/C15H22N2S/c1-12-7-3-2-6-10-17(12)11-13-8-4-5-9-14(13)15(16)18/h4-5,8-9,12H,2-3,6-7,10-11H2,1H3,(H2,16,18). The molecule has 0 aromatic heterocycles. The molecular formula is C15H22N2S. The van der Waals surface area contributed by atoms with E-state index in [1.54, 1.807) is 0 Å². The second kappa shape index (κ2) is 6.30. The number of hydrogen-bond donors (Lipinski definition) is 1. The minimum atomic E-state index is 0.507. The lowest BCUT2D eigenvalue weighted by atomic mass is 10.1. The van der Waals surface area contributed by atoms with Crippen molar-refractivity contribution in [3.8, 4) is 0 Å². The third-order valence-corrected chi connectivity index (χ3v) is 4.07. The molecule has 1 unspecified atom stereocenters. The fourth-order valence-corrected chi connectivity index (χ4v) is 2.89. The third kappa shape index (κ3) is 3.30. The average molecular weight is 262 g/mol. The molecule has 1 saturated heterocycles. The summed E-state index contributed by atoms with van der Waals surface area (Å²) in [6, 6.07) is 8.90. The number of benzene rings is 1. The van der Waals surface area contributed by atoms with Gasteiger partial charge in [0.1, 0.15) is 4.99 Å². The van der Waals surface area contributed by atoms with Gasteiger partial charge in [-0.15, -0.1) is 0 Å². The molecule has 3 heteroatoms. The van der Waals surface area contributed by atoms with Crippen molar-refractivity contribution in [2.75, 3.05) is 6.54 Å². The van der Waals surface area contributed by atoms with E-state index in [-0.39, 0.29) is 0 Å². The van der Waals surface area contributed by atoms with Gasteiger partial charge in [-0.2, -0.15) is 0 Å². The fraction of sp³-hybridized carbons (Fsp3) is 0.533. The van der Waals surface area contributed by atoms with Gasteiger partial charge in [0.05, 0.1) is 0 Å². The molecule has 1 aromatic carbocycles. The van der Waals surface area contributed by atoms with Crippen LogP contribution >= 0.6 is 12.2 Å². The zero-order chi connectivity index (χ0) is 13.0. The highest BCUT2D eigenvalue weighted by Gasteiger charge is 2.18. The fourth-order valence-electron chi connectivity index (χ4n) is 2.69. The molecule has 1 atom stereocenters. The lowest BCUT2D eigenvalue weighted by Gasteiger charge is -2.27. The van der Waals surface area contributed by atoms with Crippen molar-refractivity contribution in [2.24, 2.45) is 5.73 Å². The Balaban J connectivity index is 2.14. The maximum atomic E-state index is 5.80. The normalized spacial score (nSPS) is 21.5. The Hall–Kier alpha value is -0.930. The van der Waals surface area contributed by atoms with Crippen molar-refractivity contribution in [3.05, 3.63) is 35.4 Å². The maximum Gasteiger partial charge on any atom is 0.104 e. The molecule has 0 aliphatic carbocycles. The maximum absolute atomic E-state index is 5.80. The van der Waals surface area contributed by atoms with Crippen LogP contribution in [0.25, 0.3) is 0 Å². The molecule has 0 spiro atoms. The molecule has 1 heterocycles. The van der Waals surface area contributed by atoms with Crippen LogP contribution in [0, 0.1) is 0 Å². The van der Waals surface area contributed by atoms with Gasteiger partial charge in [0, 0.05) is 18.2 Å². The topological polar surface area (TPSA) is 29.3 Å². The Morgan fingerprint density at radius 2 is 2.11 bits per heavy atom. The molecule has 1 fully saturated rings. The van der Waals surface area contributed by atoms with E-state index in [4.69, 9.17) is 18.0 Å². The first-order valence-corrected chi connectivity index (χ1v) is 7.21. The number of thiocarbonyl (C=S) groups is 1. The largest absolute Gasteiger partial charge is 0.389 e. The van der Waals surface area contributed by atoms with E-state index < -0.39 is 0 Å². The van der Waals surface area contributed by atoms with Crippen molar-refractivity contribution >= 4 is 17.2 Å². The number of rotatable bonds is 3. The van der Waals surface area contributed by atoms with Crippen LogP contribution < -0.4 is 5.73 Å². The van der Waals surface area contributed by atoms with Gasteiger partial charge in [0.2, 0.25) is 0 Å². The molecule has 98 valence electrons. The van der Waals surface area contributed by atoms with Crippen molar-refractivity contribution in [1.82, 2.24) is 4.90 Å². The van der Waals surface area contributed by atoms with Gasteiger partial charge in [-0.25, -0.2) is 0 Å². The van der Waals surface area contributed by atoms with E-state index in [0.29, 0.717) is 11.0 Å². The Morgan fingerprint density at radius 1 is 1.33 bits per heavy atom. The van der Waals surface area contributed by atoms with Crippen LogP contribution in [0.4, 0.5) is 0 Å². The SMILES string of the molecule is CC1CCCCCN1Cc1ccccc1C(N)=S. The van der Waals surface area contributed by atoms with Gasteiger partial charge < -0.3 is 5.73 Å². The summed E-state index contributed by atoms with van der Waals surface area (Å²) in [4.78, 5) is 3.07. The van der Waals surface area contributed by atoms with Gasteiger partial charge in [-0.1, -0.05) is 49.3 Å². The first-order chi connectivity index (χ1) is 8.68. The lowest BCUT2D eigenvalue weighted by Crippen LogP contribution is -2.32. The number of nitrogens with two attached hydrogens (primary N) is 1. The molecule has 2 rings (SSSR count). The number of likely N-dealkylation sites (tertiary alicyclic amines) is 1. The van der Waals surface area contributed by atoms with E-state index in [2.05, 4.69) is 24.0 Å². The quantitative estimate of drug-likeness (QED) is 0.849. The Morgan fingerprint density at radius 3 is 2.89 bits per heavy atom. The summed E-state index contributed by atoms with van der Waals surface area (Å²) in [5.41, 5.74) is 8.09. The molecule has 1 aliphatic heterocycles. The summed E-state index contributed by atoms with van der Waals surface area (Å²) in [6.45, 7) is 4.48. The highest BCUT2D eigenvalue weighted by molar-refractivity contribution is 7.80. The van der Waals surface area contributed by atoms with E-state index in [0.717, 1.165) is 12.1 Å². The zero-order valence-electron chi connectivity index (χ0n) is 11.1. The minimum Gasteiger partial charge on any atom is -0.389 e. The molecule has 2 nitrogen and oxygen atoms in total. The summed E-state index contributed by atoms with van der Waals surface area (Å²) < 4.78 is 0. The van der Waals surface area contributed by atoms with Gasteiger partial charge >= 0.3 is 0 Å². The second-order valence-corrected chi connectivity index (χ2v) is 5.63. The van der Waals surface area contributed by atoms with Crippen LogP contribution in [-0.4, -0.2) is 22.5 Å². The first-order valence-electron chi connectivity index (χ1n) is 6.80. The summed E-state index contributed by atoms with van der Waals surface area (Å²) in [7, 11) is 0. The van der Waals surface area contributed by atoms with Crippen LogP contribution in [0.2, 0.25) is 0 Å². The summed E-state index contributed by atoms with van der Waals surface area (Å²) >= 11 is 5.13. The van der Waals surface area contributed by atoms with Crippen LogP contribution in [0.15, 0.2) is 24.3 Å². The molecule has 0 radical (unpaired) electrons. The number of hydrogen-bond acceptors (Lipinski definition) is 2. The molecule has 18 heavy (non-hydrogen) atoms. The minimum absolute atomic E-state index is 0.507. The van der Waals surface area contributed by atoms with E-state index in [1.807, 2.05) is 12.1 Å². The average Bonchev–Trinajstić information content (AvgIpc) is 2.55. The Labute approximate surface area is 115 Å². The first kappa shape index (κ1) is 13.5. The van der Waals surface area contributed by atoms with Gasteiger partial charge in [-0.3, -0.25) is 4.90 Å². The smallest absolute Gasteiger partial charge is 0.104 e. The molecule has 0 bridgehead atoms. The monoisotopic (exact) mass is 262 g/mol. The summed E-state index contributed by atoms with van der Waals surface area (Å²) in [6.07, 6.45) is 5.32. The van der Waals surface area contributed by atoms with Crippen LogP contribution in [0.1, 0.15) is 43.7 Å².